The molecule has 2 N–H and O–H groups in total. The molecule has 1 aliphatic heterocycles. The van der Waals surface area contributed by atoms with Crippen LogP contribution in [0.5, 0.6) is 5.75 Å². The highest BCUT2D eigenvalue weighted by molar-refractivity contribution is 6.11. The molecule has 0 aliphatic carbocycles. The SMILES string of the molecule is COc1ccc(F)c(-c2cccc(C3(c4ccncc4)N=C(N)N(C)C3=NCC(C)(F)F)c2)c1. The lowest BCUT2D eigenvalue weighted by atomic mass is 9.81. The van der Waals surface area contributed by atoms with Crippen LogP contribution in [0.4, 0.5) is 13.2 Å². The van der Waals surface area contributed by atoms with Gasteiger partial charge in [0.25, 0.3) is 5.92 Å². The Hall–Kier alpha value is -3.88. The van der Waals surface area contributed by atoms with Gasteiger partial charge >= 0.3 is 0 Å². The van der Waals surface area contributed by atoms with E-state index in [1.807, 2.05) is 0 Å². The summed E-state index contributed by atoms with van der Waals surface area (Å²) < 4.78 is 47.6. The number of alkyl halides is 2. The zero-order valence-corrected chi connectivity index (χ0v) is 19.0. The van der Waals surface area contributed by atoms with Crippen molar-refractivity contribution in [2.45, 2.75) is 18.4 Å². The lowest BCUT2D eigenvalue weighted by molar-refractivity contribution is 0.0324. The number of methoxy groups -OCH3 is 1. The van der Waals surface area contributed by atoms with Crippen LogP contribution in [-0.4, -0.2) is 48.3 Å². The average Bonchev–Trinajstić information content (AvgIpc) is 3.09. The van der Waals surface area contributed by atoms with Crippen LogP contribution < -0.4 is 10.5 Å². The highest BCUT2D eigenvalue weighted by Crippen LogP contribution is 2.41. The van der Waals surface area contributed by atoms with Crippen molar-refractivity contribution in [2.75, 3.05) is 20.7 Å². The third kappa shape index (κ3) is 4.21. The van der Waals surface area contributed by atoms with Gasteiger partial charge in [0, 0.05) is 31.9 Å². The number of aliphatic imine (C=N–C) groups is 2. The molecule has 4 rings (SSSR count). The van der Waals surface area contributed by atoms with E-state index in [-0.39, 0.29) is 11.8 Å². The molecule has 0 radical (unpaired) electrons. The fourth-order valence-corrected chi connectivity index (χ4v) is 3.99. The first-order valence-electron chi connectivity index (χ1n) is 10.5. The number of hydrogen-bond donors (Lipinski definition) is 1. The molecule has 34 heavy (non-hydrogen) atoms. The van der Waals surface area contributed by atoms with Gasteiger partial charge in [0.05, 0.1) is 7.11 Å². The van der Waals surface area contributed by atoms with Crippen molar-refractivity contribution in [3.05, 3.63) is 83.9 Å². The second kappa shape index (κ2) is 8.81. The van der Waals surface area contributed by atoms with E-state index in [2.05, 4.69) is 9.98 Å². The summed E-state index contributed by atoms with van der Waals surface area (Å²) in [6.07, 6.45) is 3.16. The van der Waals surface area contributed by atoms with Crippen molar-refractivity contribution in [3.8, 4) is 16.9 Å². The van der Waals surface area contributed by atoms with Crippen molar-refractivity contribution in [3.63, 3.8) is 0 Å². The van der Waals surface area contributed by atoms with Gasteiger partial charge in [-0.05, 0) is 53.1 Å². The fraction of sp³-hybridized carbons (Fsp3) is 0.240. The summed E-state index contributed by atoms with van der Waals surface area (Å²) in [5.74, 6) is -2.60. The van der Waals surface area contributed by atoms with E-state index in [4.69, 9.17) is 15.5 Å². The highest BCUT2D eigenvalue weighted by atomic mass is 19.3. The van der Waals surface area contributed by atoms with Gasteiger partial charge in [-0.1, -0.05) is 18.2 Å². The van der Waals surface area contributed by atoms with Crippen LogP contribution in [0.15, 0.2) is 77.0 Å². The minimum Gasteiger partial charge on any atom is -0.497 e. The predicted octanol–water partition coefficient (Wildman–Crippen LogP) is 4.45. The second-order valence-corrected chi connectivity index (χ2v) is 8.11. The number of benzene rings is 2. The Balaban J connectivity index is 1.96. The summed E-state index contributed by atoms with van der Waals surface area (Å²) in [7, 11) is 3.13. The number of aromatic nitrogens is 1. The fourth-order valence-electron chi connectivity index (χ4n) is 3.99. The van der Waals surface area contributed by atoms with Crippen LogP contribution in [0.25, 0.3) is 11.1 Å². The number of rotatable bonds is 6. The standard InChI is InChI=1S/C25H24F3N5O/c1-24(27,28)15-31-22-25(32-23(29)33(22)2,17-9-11-30-12-10-17)18-6-4-5-16(13-18)20-14-19(34-3)7-8-21(20)26/h4-14H,15H2,1-3H3,(H2,29,32). The molecular formula is C25H24F3N5O. The summed E-state index contributed by atoms with van der Waals surface area (Å²) in [6, 6.07) is 15.0. The van der Waals surface area contributed by atoms with Gasteiger partial charge < -0.3 is 15.4 Å². The van der Waals surface area contributed by atoms with Gasteiger partial charge in [0.1, 0.15) is 23.9 Å². The number of guanidine groups is 1. The largest absolute Gasteiger partial charge is 0.497 e. The molecule has 0 saturated carbocycles. The maximum atomic E-state index is 14.7. The Morgan fingerprint density at radius 1 is 1.09 bits per heavy atom. The maximum Gasteiger partial charge on any atom is 0.264 e. The molecule has 2 aromatic carbocycles. The molecule has 1 aromatic heterocycles. The van der Waals surface area contributed by atoms with Gasteiger partial charge in [-0.15, -0.1) is 0 Å². The normalized spacial score (nSPS) is 19.4. The third-order valence-electron chi connectivity index (χ3n) is 5.64. The Morgan fingerprint density at radius 2 is 1.82 bits per heavy atom. The molecule has 9 heteroatoms. The zero-order chi connectivity index (χ0) is 24.5. The molecule has 6 nitrogen and oxygen atoms in total. The Bertz CT molecular complexity index is 1260. The first-order chi connectivity index (χ1) is 16.2. The number of hydrogen-bond acceptors (Lipinski definition) is 5. The molecule has 3 aromatic rings. The molecule has 0 amide bonds. The minimum absolute atomic E-state index is 0.118. The van der Waals surface area contributed by atoms with Crippen LogP contribution >= 0.6 is 0 Å². The van der Waals surface area contributed by atoms with E-state index in [1.54, 1.807) is 61.9 Å². The van der Waals surface area contributed by atoms with Crippen LogP contribution in [-0.2, 0) is 5.54 Å². The maximum absolute atomic E-state index is 14.7. The van der Waals surface area contributed by atoms with Crippen molar-refractivity contribution in [1.82, 2.24) is 9.88 Å². The smallest absolute Gasteiger partial charge is 0.264 e. The van der Waals surface area contributed by atoms with Gasteiger partial charge in [-0.25, -0.2) is 18.2 Å². The van der Waals surface area contributed by atoms with Gasteiger partial charge in [-0.3, -0.25) is 9.98 Å². The Labute approximate surface area is 195 Å². The summed E-state index contributed by atoms with van der Waals surface area (Å²) in [5, 5.41) is 0. The molecule has 2 heterocycles. The van der Waals surface area contributed by atoms with Gasteiger partial charge in [-0.2, -0.15) is 0 Å². The monoisotopic (exact) mass is 467 g/mol. The first-order valence-corrected chi connectivity index (χ1v) is 10.5. The van der Waals surface area contributed by atoms with Crippen LogP contribution in [0.2, 0.25) is 0 Å². The Kier molecular flexibility index (Phi) is 6.03. The zero-order valence-electron chi connectivity index (χ0n) is 19.0. The lowest BCUT2D eigenvalue weighted by Crippen LogP contribution is -2.42. The number of pyridine rings is 1. The predicted molar refractivity (Wildman–Crippen MR) is 126 cm³/mol. The van der Waals surface area contributed by atoms with E-state index in [0.29, 0.717) is 28.0 Å². The molecule has 0 saturated heterocycles. The topological polar surface area (TPSA) is 76.1 Å². The van der Waals surface area contributed by atoms with Crippen molar-refractivity contribution in [2.24, 2.45) is 15.7 Å². The number of likely N-dealkylation sites (N-methyl/N-ethyl adjacent to an activating group) is 1. The van der Waals surface area contributed by atoms with Crippen LogP contribution in [0.1, 0.15) is 18.1 Å². The van der Waals surface area contributed by atoms with E-state index in [1.165, 1.54) is 24.1 Å². The molecular weight excluding hydrogens is 443 g/mol. The van der Waals surface area contributed by atoms with Crippen LogP contribution in [0.3, 0.4) is 0 Å². The molecule has 1 unspecified atom stereocenters. The van der Waals surface area contributed by atoms with Gasteiger partial charge in [0.2, 0.25) is 0 Å². The van der Waals surface area contributed by atoms with E-state index < -0.39 is 23.8 Å². The second-order valence-electron chi connectivity index (χ2n) is 8.11. The molecule has 0 fully saturated rings. The lowest BCUT2D eigenvalue weighted by Gasteiger charge is -2.30. The first kappa shape index (κ1) is 23.3. The third-order valence-corrected chi connectivity index (χ3v) is 5.64. The number of nitrogens with two attached hydrogens (primary N) is 1. The van der Waals surface area contributed by atoms with Crippen molar-refractivity contribution in [1.29, 1.82) is 0 Å². The highest BCUT2D eigenvalue weighted by Gasteiger charge is 2.47. The number of amidine groups is 1. The molecule has 0 spiro atoms. The number of ether oxygens (including phenoxy) is 1. The quantitative estimate of drug-likeness (QED) is 0.581. The van der Waals surface area contributed by atoms with E-state index in [9.17, 15) is 13.2 Å². The number of nitrogens with zero attached hydrogens (tertiary/aromatic N) is 4. The molecule has 0 bridgehead atoms. The average molecular weight is 467 g/mol. The van der Waals surface area contributed by atoms with Crippen LogP contribution in [0, 0.1) is 5.82 Å². The van der Waals surface area contributed by atoms with E-state index in [0.717, 1.165) is 6.92 Å². The van der Waals surface area contributed by atoms with Crippen molar-refractivity contribution >= 4 is 11.8 Å². The Morgan fingerprint density at radius 3 is 2.50 bits per heavy atom. The molecule has 1 aliphatic rings. The summed E-state index contributed by atoms with van der Waals surface area (Å²) in [6.45, 7) is 0.0586. The van der Waals surface area contributed by atoms with E-state index >= 15 is 0 Å². The molecule has 1 atom stereocenters. The molecule has 176 valence electrons. The minimum atomic E-state index is -3.03. The van der Waals surface area contributed by atoms with Gasteiger partial charge in [0.15, 0.2) is 11.5 Å². The summed E-state index contributed by atoms with van der Waals surface area (Å²) in [5.41, 5.74) is 6.97. The summed E-state index contributed by atoms with van der Waals surface area (Å²) >= 11 is 0. The number of halogens is 3. The van der Waals surface area contributed by atoms with Crippen molar-refractivity contribution < 1.29 is 17.9 Å². The summed E-state index contributed by atoms with van der Waals surface area (Å²) in [4.78, 5) is 14.5.